The van der Waals surface area contributed by atoms with Gasteiger partial charge in [0.25, 0.3) is 0 Å². The van der Waals surface area contributed by atoms with Crippen LogP contribution in [-0.2, 0) is 9.47 Å². The summed E-state index contributed by atoms with van der Waals surface area (Å²) in [5, 5.41) is 23.3. The largest absolute Gasteiger partial charge is 0.393 e. The van der Waals surface area contributed by atoms with Gasteiger partial charge in [0.2, 0.25) is 0 Å². The summed E-state index contributed by atoms with van der Waals surface area (Å²) in [4.78, 5) is 0. The van der Waals surface area contributed by atoms with E-state index < -0.39 is 6.10 Å². The predicted molar refractivity (Wildman–Crippen MR) is 142 cm³/mol. The van der Waals surface area contributed by atoms with Crippen LogP contribution in [0.2, 0.25) is 0 Å². The second-order valence-corrected chi connectivity index (χ2v) is 15.7. The smallest absolute Gasteiger partial charge is 0.0880 e. The van der Waals surface area contributed by atoms with Crippen molar-refractivity contribution < 1.29 is 19.7 Å². The van der Waals surface area contributed by atoms with Gasteiger partial charge in [0.15, 0.2) is 0 Å². The maximum atomic E-state index is 12.3. The highest BCUT2D eigenvalue weighted by Gasteiger charge is 2.84. The summed E-state index contributed by atoms with van der Waals surface area (Å²) in [7, 11) is 0. The average molecular weight is 503 g/mol. The average Bonchev–Trinajstić information content (AvgIpc) is 3.45. The molecule has 0 unspecified atom stereocenters. The van der Waals surface area contributed by atoms with E-state index in [1.54, 1.807) is 0 Å². The molecule has 0 aromatic rings. The van der Waals surface area contributed by atoms with Crippen LogP contribution in [0, 0.1) is 56.7 Å². The Hall–Kier alpha value is -0.160. The highest BCUT2D eigenvalue weighted by molar-refractivity contribution is 5.32. The van der Waals surface area contributed by atoms with Crippen LogP contribution < -0.4 is 0 Å². The standard InChI is InChI=1S/C32H54O4/c1-9-35-25(18(2)3)20-16-19(4)24-26(36-20)27(34)30(8)22-11-10-21-28(5,6)23(33)12-13-31(21)17-32(22,31)15-14-29(24,30)7/h18-27,33-34H,9-17H2,1-8H3/t19-,20-,21+,22+,23+,24+,25-,26+,27+,29-,30-,31-,32+/m1/s1. The lowest BCUT2D eigenvalue weighted by Crippen LogP contribution is -2.59. The third kappa shape index (κ3) is 2.87. The van der Waals surface area contributed by atoms with Crippen molar-refractivity contribution in [3.63, 3.8) is 0 Å². The number of aliphatic hydroxyl groups is 2. The monoisotopic (exact) mass is 502 g/mol. The zero-order chi connectivity index (χ0) is 26.1. The number of hydrogen-bond acceptors (Lipinski definition) is 4. The predicted octanol–water partition coefficient (Wildman–Crippen LogP) is 6.22. The summed E-state index contributed by atoms with van der Waals surface area (Å²) < 4.78 is 13.2. The molecule has 6 aliphatic rings. The van der Waals surface area contributed by atoms with E-state index in [0.29, 0.717) is 47.0 Å². The molecule has 0 aromatic carbocycles. The minimum atomic E-state index is -0.411. The van der Waals surface area contributed by atoms with Gasteiger partial charge in [-0.3, -0.25) is 0 Å². The highest BCUT2D eigenvalue weighted by Crippen LogP contribution is 2.89. The Morgan fingerprint density at radius 2 is 1.61 bits per heavy atom. The van der Waals surface area contributed by atoms with Gasteiger partial charge < -0.3 is 19.7 Å². The molecule has 0 bridgehead atoms. The van der Waals surface area contributed by atoms with E-state index in [-0.39, 0.29) is 40.7 Å². The molecule has 206 valence electrons. The van der Waals surface area contributed by atoms with Gasteiger partial charge in [-0.2, -0.15) is 0 Å². The van der Waals surface area contributed by atoms with Crippen LogP contribution in [0.15, 0.2) is 0 Å². The first-order chi connectivity index (χ1) is 16.8. The van der Waals surface area contributed by atoms with E-state index in [4.69, 9.17) is 9.47 Å². The Kier molecular flexibility index (Phi) is 5.76. The van der Waals surface area contributed by atoms with E-state index >= 15 is 0 Å². The van der Waals surface area contributed by atoms with E-state index in [1.807, 2.05) is 0 Å². The summed E-state index contributed by atoms with van der Waals surface area (Å²) in [6.07, 6.45) is 8.96. The molecule has 5 aliphatic carbocycles. The van der Waals surface area contributed by atoms with Gasteiger partial charge in [-0.25, -0.2) is 0 Å². The molecule has 13 atom stereocenters. The van der Waals surface area contributed by atoms with E-state index in [2.05, 4.69) is 55.4 Å². The first kappa shape index (κ1) is 26.1. The molecule has 6 rings (SSSR count). The zero-order valence-electron chi connectivity index (χ0n) is 24.3. The van der Waals surface area contributed by atoms with Gasteiger partial charge in [-0.05, 0) is 110 Å². The van der Waals surface area contributed by atoms with Crippen molar-refractivity contribution in [1.29, 1.82) is 0 Å². The third-order valence-electron chi connectivity index (χ3n) is 14.2. The summed E-state index contributed by atoms with van der Waals surface area (Å²) in [5.74, 6) is 2.53. The van der Waals surface area contributed by atoms with Crippen LogP contribution in [0.1, 0.15) is 107 Å². The molecule has 1 aliphatic heterocycles. The molecule has 4 nitrogen and oxygen atoms in total. The topological polar surface area (TPSA) is 58.9 Å². The molecule has 1 heterocycles. The summed E-state index contributed by atoms with van der Waals surface area (Å²) in [6, 6.07) is 0. The molecule has 2 N–H and O–H groups in total. The Balaban J connectivity index is 1.35. The van der Waals surface area contributed by atoms with Gasteiger partial charge >= 0.3 is 0 Å². The first-order valence-electron chi connectivity index (χ1n) is 15.4. The van der Waals surface area contributed by atoms with Crippen molar-refractivity contribution in [1.82, 2.24) is 0 Å². The van der Waals surface area contributed by atoms with Crippen molar-refractivity contribution >= 4 is 0 Å². The number of rotatable bonds is 4. The Morgan fingerprint density at radius 1 is 0.944 bits per heavy atom. The van der Waals surface area contributed by atoms with Crippen LogP contribution in [0.3, 0.4) is 0 Å². The minimum Gasteiger partial charge on any atom is -0.393 e. The number of hydrogen-bond donors (Lipinski definition) is 2. The minimum absolute atomic E-state index is 0.00658. The molecular formula is C32H54O4. The van der Waals surface area contributed by atoms with E-state index in [9.17, 15) is 10.2 Å². The van der Waals surface area contributed by atoms with Crippen molar-refractivity contribution in [2.45, 2.75) is 137 Å². The maximum absolute atomic E-state index is 12.3. The number of aliphatic hydroxyl groups excluding tert-OH is 2. The van der Waals surface area contributed by atoms with Crippen molar-refractivity contribution in [3.8, 4) is 0 Å². The third-order valence-corrected chi connectivity index (χ3v) is 14.2. The fourth-order valence-electron chi connectivity index (χ4n) is 12.5. The molecular weight excluding hydrogens is 448 g/mol. The molecule has 1 saturated heterocycles. The zero-order valence-corrected chi connectivity index (χ0v) is 24.3. The van der Waals surface area contributed by atoms with Gasteiger partial charge in [-0.1, -0.05) is 48.5 Å². The fourth-order valence-corrected chi connectivity index (χ4v) is 12.5. The maximum Gasteiger partial charge on any atom is 0.0880 e. The van der Waals surface area contributed by atoms with Crippen LogP contribution in [0.25, 0.3) is 0 Å². The molecule has 0 amide bonds. The highest BCUT2D eigenvalue weighted by atomic mass is 16.6. The Morgan fingerprint density at radius 3 is 2.28 bits per heavy atom. The molecule has 5 saturated carbocycles. The molecule has 0 aromatic heterocycles. The summed E-state index contributed by atoms with van der Waals surface area (Å²) >= 11 is 0. The van der Waals surface area contributed by atoms with Crippen LogP contribution in [-0.4, -0.2) is 47.3 Å². The lowest BCUT2D eigenvalue weighted by Gasteiger charge is -2.63. The van der Waals surface area contributed by atoms with Crippen molar-refractivity contribution in [3.05, 3.63) is 0 Å². The van der Waals surface area contributed by atoms with Crippen LogP contribution in [0.4, 0.5) is 0 Å². The van der Waals surface area contributed by atoms with Crippen LogP contribution in [0.5, 0.6) is 0 Å². The molecule has 0 radical (unpaired) electrons. The Labute approximate surface area is 220 Å². The first-order valence-corrected chi connectivity index (χ1v) is 15.4. The quantitative estimate of drug-likeness (QED) is 0.479. The van der Waals surface area contributed by atoms with Crippen molar-refractivity contribution in [2.75, 3.05) is 6.61 Å². The normalized spacial score (nSPS) is 57.8. The van der Waals surface area contributed by atoms with E-state index in [1.165, 1.54) is 38.5 Å². The SMILES string of the molecule is CCO[C@H](C(C)C)[C@H]1C[C@@H](C)[C@H]2[C@H](O1)[C@H](O)[C@@]1(C)[C@@H]3CC[C@H]4C(C)(C)[C@@H](O)CC[C@@]45C[C@@]35CC[C@]21C. The summed E-state index contributed by atoms with van der Waals surface area (Å²) in [5.41, 5.74) is 0.758. The van der Waals surface area contributed by atoms with E-state index in [0.717, 1.165) is 12.8 Å². The molecule has 36 heavy (non-hydrogen) atoms. The lowest BCUT2D eigenvalue weighted by molar-refractivity contribution is -0.190. The van der Waals surface area contributed by atoms with Gasteiger partial charge in [0.05, 0.1) is 30.5 Å². The molecule has 6 fully saturated rings. The second-order valence-electron chi connectivity index (χ2n) is 15.7. The number of ether oxygens (including phenoxy) is 2. The molecule has 2 spiro atoms. The fraction of sp³-hybridized carbons (Fsp3) is 1.00. The van der Waals surface area contributed by atoms with Crippen LogP contribution >= 0.6 is 0 Å². The Bertz CT molecular complexity index is 885. The number of fused-ring (bicyclic) bond motifs is 4. The van der Waals surface area contributed by atoms with Gasteiger partial charge in [-0.15, -0.1) is 0 Å². The molecule has 4 heteroatoms. The summed E-state index contributed by atoms with van der Waals surface area (Å²) in [6.45, 7) is 19.4. The van der Waals surface area contributed by atoms with Gasteiger partial charge in [0.1, 0.15) is 0 Å². The van der Waals surface area contributed by atoms with Gasteiger partial charge in [0, 0.05) is 12.0 Å². The lowest BCUT2D eigenvalue weighted by atomic mass is 9.41. The van der Waals surface area contributed by atoms with Crippen molar-refractivity contribution in [2.24, 2.45) is 56.7 Å². The second kappa shape index (κ2) is 7.95.